The van der Waals surface area contributed by atoms with Crippen LogP contribution in [0.25, 0.3) is 10.4 Å². The number of urea groups is 1. The predicted molar refractivity (Wildman–Crippen MR) is 448 cm³/mol. The van der Waals surface area contributed by atoms with Crippen LogP contribution >= 0.6 is 15.6 Å². The van der Waals surface area contributed by atoms with E-state index >= 15 is 0 Å². The molecule has 13 atom stereocenters. The molecule has 12 N–H and O–H groups in total. The second-order valence-corrected chi connectivity index (χ2v) is 33.9. The number of nitrogens with one attached hydrogen (secondary N) is 8. The molecule has 0 saturated carbocycles. The van der Waals surface area contributed by atoms with Gasteiger partial charge in [0.1, 0.15) is 55.1 Å². The van der Waals surface area contributed by atoms with Crippen molar-refractivity contribution in [2.24, 2.45) is 34.5 Å². The van der Waals surface area contributed by atoms with Crippen molar-refractivity contribution in [1.29, 1.82) is 0 Å². The van der Waals surface area contributed by atoms with Crippen molar-refractivity contribution in [3.05, 3.63) is 99.5 Å². The first-order chi connectivity index (χ1) is 57.1. The Morgan fingerprint density at radius 3 is 1.97 bits per heavy atom. The van der Waals surface area contributed by atoms with Crippen LogP contribution in [0.5, 0.6) is 0 Å². The number of allylic oxidation sites excluding steroid dienone is 1. The van der Waals surface area contributed by atoms with Crippen LogP contribution in [-0.2, 0) is 107 Å². The Balaban J connectivity index is 1.59. The molecule has 40 heteroatoms. The summed E-state index contributed by atoms with van der Waals surface area (Å²) < 4.78 is 63.1. The first-order valence-corrected chi connectivity index (χ1v) is 44.1. The van der Waals surface area contributed by atoms with Crippen molar-refractivity contribution in [2.45, 2.75) is 260 Å². The Hall–Kier alpha value is -9.80. The number of esters is 3. The van der Waals surface area contributed by atoms with E-state index in [9.17, 15) is 81.2 Å². The molecule has 1 aliphatic rings. The normalized spacial score (nSPS) is 21.3. The largest absolute Gasteiger partial charge is 0.481 e. The fraction of sp³-hybridized carbons (Fsp3) is 0.642. The number of rotatable bonds is 43. The average Bonchev–Trinajstić information content (AvgIpc) is 0.843. The summed E-state index contributed by atoms with van der Waals surface area (Å²) in [6.07, 6.45) is 3.07. The van der Waals surface area contributed by atoms with Crippen LogP contribution in [-0.4, -0.2) is 205 Å². The number of cyclic esters (lactones) is 2. The summed E-state index contributed by atoms with van der Waals surface area (Å²) in [5.74, 6) is -9.37. The van der Waals surface area contributed by atoms with E-state index in [1.807, 2.05) is 0 Å². The second-order valence-electron chi connectivity index (χ2n) is 30.8. The van der Waals surface area contributed by atoms with Gasteiger partial charge in [0.25, 0.3) is 5.91 Å². The average molecular weight is 1740 g/mol. The molecule has 0 spiro atoms. The van der Waals surface area contributed by atoms with E-state index in [0.29, 0.717) is 73.9 Å². The highest BCUT2D eigenvalue weighted by Gasteiger charge is 2.40. The van der Waals surface area contributed by atoms with E-state index in [0.717, 1.165) is 4.90 Å². The number of ether oxygens (including phenoxy) is 4. The zero-order valence-corrected chi connectivity index (χ0v) is 73.9. The number of hydrogen-bond donors (Lipinski definition) is 11. The number of carbonyl (C=O) groups excluding carboxylic acids is 13. The maximum Gasteiger partial charge on any atom is 0.481 e. The van der Waals surface area contributed by atoms with E-state index in [1.54, 1.807) is 123 Å². The second kappa shape index (κ2) is 55.3. The van der Waals surface area contributed by atoms with E-state index in [2.05, 4.69) is 56.9 Å². The van der Waals surface area contributed by atoms with E-state index in [1.165, 1.54) is 45.8 Å². The third-order valence-electron chi connectivity index (χ3n) is 19.9. The lowest BCUT2D eigenvalue weighted by Gasteiger charge is -2.33. The zero-order chi connectivity index (χ0) is 90.5. The number of nitrogens with two attached hydrogens (primary N) is 1. The number of alkyl carbamates (subject to hydrolysis) is 1. The van der Waals surface area contributed by atoms with Crippen molar-refractivity contribution in [2.75, 3.05) is 58.8 Å². The molecule has 38 nitrogen and oxygen atoms in total. The number of azide groups is 1. The van der Waals surface area contributed by atoms with Gasteiger partial charge in [0, 0.05) is 81.5 Å². The Morgan fingerprint density at radius 2 is 1.36 bits per heavy atom. The third-order valence-corrected chi connectivity index (χ3v) is 22.5. The molecule has 1 aliphatic heterocycles. The summed E-state index contributed by atoms with van der Waals surface area (Å²) in [5.41, 5.74) is 15.8. The number of anilines is 1. The van der Waals surface area contributed by atoms with Gasteiger partial charge in [-0.15, -0.1) is 0 Å². The summed E-state index contributed by atoms with van der Waals surface area (Å²) in [6, 6.07) is 7.45. The molecule has 2 aromatic rings. The predicted octanol–water partition coefficient (Wildman–Crippen LogP) is 8.97. The molecule has 2 aromatic carbocycles. The van der Waals surface area contributed by atoms with E-state index in [4.69, 9.17) is 39.3 Å². The Labute approximate surface area is 708 Å². The lowest BCUT2D eigenvalue weighted by Crippen LogP contribution is -2.57. The minimum Gasteiger partial charge on any atom is -0.461 e. The van der Waals surface area contributed by atoms with Gasteiger partial charge in [-0.1, -0.05) is 134 Å². The molecule has 0 radical (unpaired) electrons. The van der Waals surface area contributed by atoms with Gasteiger partial charge in [-0.25, -0.2) is 28.3 Å². The molecule has 3 rings (SSSR count). The number of phosphoric acid groups is 2. The first-order valence-electron chi connectivity index (χ1n) is 41.1. The van der Waals surface area contributed by atoms with Crippen LogP contribution in [0.1, 0.15) is 203 Å². The molecule has 3 unspecified atom stereocenters. The van der Waals surface area contributed by atoms with Gasteiger partial charge in [-0.05, 0) is 151 Å². The minimum atomic E-state index is -5.15. The number of likely N-dealkylation sites (N-methyl/N-ethyl adjacent to an activating group) is 2. The number of carbonyl (C=O) groups is 13. The monoisotopic (exact) mass is 1740 g/mol. The molecule has 0 fully saturated rings. The van der Waals surface area contributed by atoms with Gasteiger partial charge in [0.05, 0.1) is 19.8 Å². The quantitative estimate of drug-likeness (QED) is 0.00431. The molecule has 0 aromatic heterocycles. The Kier molecular flexibility index (Phi) is 48.1. The summed E-state index contributed by atoms with van der Waals surface area (Å²) in [5, 5.41) is 24.8. The number of primary amides is 1. The topological polar surface area (TPSA) is 539 Å². The zero-order valence-electron chi connectivity index (χ0n) is 72.1. The van der Waals surface area contributed by atoms with Gasteiger partial charge in [-0.3, -0.25) is 52.2 Å². The molecular weight excluding hydrogens is 1610 g/mol. The highest BCUT2D eigenvalue weighted by Crippen LogP contribution is 2.60. The standard InChI is InChI=1S/C81H128N14O24P2/c1-15-53(7)70-75(102)88-58(12)79(106)118-71(54(8)16-2)56(10)64(41-36-55(9)78(105)116-65(47-51(3)4)73(100)87-57(11)76(103)95(14)63(48-59-31-22-19-23-32-59)77(104)94(13)49-67(97)92-70)117-81(108)85-42-26-21-29-46-115-121(111,112)119-120(109,110)114-45-28-18-17-25-35-68(98)113-50-60-37-39-61(40-38-60)89-72(99)62(33-30-43-84-80(82)107)90-74(101)69(52(5)6)91-66(96)34-24-20-27-44-86-93-83/h16,19,22-23,31-32,36-40,51-53,56-58,62-65,69-71H,15,17-18,20-21,24-30,33-35,41-50H2,1-14H3,(H,85,108)(H,87,100)(H,88,102)(H,89,99)(H,90,101)(H,91,96)(H,92,97)(H,109,110)(H,111,112)(H3,82,84,107)/b54-16+,55-36+/t53?,56-,57-,58+,62+,63+,64-,65+,69+,70-,71+/m0/s1. The molecule has 0 aliphatic carbocycles. The van der Waals surface area contributed by atoms with Crippen LogP contribution in [0.2, 0.25) is 0 Å². The number of phosphoric ester groups is 2. The highest BCUT2D eigenvalue weighted by molar-refractivity contribution is 7.61. The molecular formula is C81H128N14O24P2. The maximum absolute atomic E-state index is 14.4. The van der Waals surface area contributed by atoms with Crippen LogP contribution in [0, 0.1) is 23.7 Å². The van der Waals surface area contributed by atoms with Crippen molar-refractivity contribution in [3.8, 4) is 0 Å². The SMILES string of the molecule is C/C=C(\C)[C@H]1OC(=O)[C@@H](C)NC(=O)[C@H](C(C)CC)NC(=O)CN(C)C(=O)[C@@H](Cc2ccccc2)N(C)C(=O)[C@H](C)NC(=O)[C@@H](CC(C)C)OC(=O)/C(C)=C/C[C@H](OC(=O)NCCCCCOP(=O)(O)OP(=O)(O)OCCCCCCC(=O)OCc2ccc(NC(=O)[C@@H](CCCNC(N)=O)NC(=O)[C@H](NC(=O)CCCCCN=[N+]=[N-])C(C)C)cc2)[C@@H]1C. The number of hydrogen-bond acceptors (Lipinski definition) is 23. The lowest BCUT2D eigenvalue weighted by atomic mass is 9.90. The smallest absolute Gasteiger partial charge is 0.461 e. The van der Waals surface area contributed by atoms with Crippen molar-refractivity contribution in [1.82, 2.24) is 47.0 Å². The van der Waals surface area contributed by atoms with E-state index < -0.39 is 167 Å². The lowest BCUT2D eigenvalue weighted by molar-refractivity contribution is -0.155. The van der Waals surface area contributed by atoms with Crippen LogP contribution < -0.4 is 48.3 Å². The summed E-state index contributed by atoms with van der Waals surface area (Å²) >= 11 is 0. The first kappa shape index (κ1) is 105. The van der Waals surface area contributed by atoms with Gasteiger partial charge in [0.15, 0.2) is 6.10 Å². The molecule has 11 amide bonds. The van der Waals surface area contributed by atoms with Gasteiger partial charge >= 0.3 is 45.7 Å². The van der Waals surface area contributed by atoms with Crippen molar-refractivity contribution in [3.63, 3.8) is 0 Å². The van der Waals surface area contributed by atoms with Crippen LogP contribution in [0.4, 0.5) is 15.3 Å². The van der Waals surface area contributed by atoms with Crippen LogP contribution in [0.15, 0.2) is 83.0 Å². The molecule has 676 valence electrons. The summed E-state index contributed by atoms with van der Waals surface area (Å²) in [7, 11) is -7.50. The maximum atomic E-state index is 14.4. The van der Waals surface area contributed by atoms with Gasteiger partial charge in [0.2, 0.25) is 41.4 Å². The molecule has 1 heterocycles. The van der Waals surface area contributed by atoms with Crippen molar-refractivity contribution < 1.29 is 114 Å². The Morgan fingerprint density at radius 1 is 0.744 bits per heavy atom. The summed E-state index contributed by atoms with van der Waals surface area (Å²) in [6.45, 7) is 18.8. The fourth-order valence-electron chi connectivity index (χ4n) is 12.4. The van der Waals surface area contributed by atoms with Gasteiger partial charge < -0.3 is 86.8 Å². The number of nitrogens with zero attached hydrogens (tertiary/aromatic N) is 5. The molecule has 0 bridgehead atoms. The van der Waals surface area contributed by atoms with Crippen LogP contribution in [0.3, 0.4) is 0 Å². The number of benzene rings is 2. The molecule has 121 heavy (non-hydrogen) atoms. The minimum absolute atomic E-state index is 0.0116. The fourth-order valence-corrected chi connectivity index (χ4v) is 14.5. The summed E-state index contributed by atoms with van der Waals surface area (Å²) in [4.78, 5) is 202. The number of amides is 11. The van der Waals surface area contributed by atoms with E-state index in [-0.39, 0.29) is 120 Å². The molecule has 0 saturated heterocycles. The number of unbranched alkanes of at least 4 members (excludes halogenated alkanes) is 7. The van der Waals surface area contributed by atoms with Gasteiger partial charge in [-0.2, -0.15) is 4.31 Å². The third kappa shape index (κ3) is 41.1. The Bertz CT molecular complexity index is 3940. The highest BCUT2D eigenvalue weighted by atomic mass is 31.3. The van der Waals surface area contributed by atoms with Crippen molar-refractivity contribution >= 4 is 98.6 Å².